The maximum atomic E-state index is 11.9. The topological polar surface area (TPSA) is 109 Å². The highest BCUT2D eigenvalue weighted by molar-refractivity contribution is 7.86. The SMILES string of the molecule is CCOC1OC2COC(c3ccccc3)O[C@@H]2[C@@H](OS(C)(=O)=O)C1NC(C)=O. The third-order valence-electron chi connectivity index (χ3n) is 4.40. The van der Waals surface area contributed by atoms with Crippen LogP contribution in [0.15, 0.2) is 30.3 Å². The average Bonchev–Trinajstić information content (AvgIpc) is 2.64. The Morgan fingerprint density at radius 3 is 2.57 bits per heavy atom. The van der Waals surface area contributed by atoms with Crippen LogP contribution >= 0.6 is 0 Å². The van der Waals surface area contributed by atoms with Gasteiger partial charge in [0.2, 0.25) is 5.91 Å². The summed E-state index contributed by atoms with van der Waals surface area (Å²) in [5.41, 5.74) is 0.780. The molecular weight excluding hydrogens is 390 g/mol. The zero-order valence-electron chi connectivity index (χ0n) is 15.9. The van der Waals surface area contributed by atoms with Gasteiger partial charge in [-0.25, -0.2) is 0 Å². The predicted octanol–water partition coefficient (Wildman–Crippen LogP) is 0.711. The van der Waals surface area contributed by atoms with Crippen molar-refractivity contribution in [3.05, 3.63) is 35.9 Å². The van der Waals surface area contributed by atoms with Gasteiger partial charge in [0.25, 0.3) is 10.1 Å². The van der Waals surface area contributed by atoms with Crippen LogP contribution in [-0.4, -0.2) is 64.4 Å². The van der Waals surface area contributed by atoms with E-state index in [1.165, 1.54) is 6.92 Å². The summed E-state index contributed by atoms with van der Waals surface area (Å²) in [6.45, 7) is 3.55. The molecule has 2 saturated heterocycles. The number of hydrogen-bond acceptors (Lipinski definition) is 8. The van der Waals surface area contributed by atoms with Crippen molar-refractivity contribution >= 4 is 16.0 Å². The first-order chi connectivity index (χ1) is 13.3. The van der Waals surface area contributed by atoms with Crippen LogP contribution in [0.2, 0.25) is 0 Å². The lowest BCUT2D eigenvalue weighted by Gasteiger charge is -2.48. The van der Waals surface area contributed by atoms with E-state index in [0.717, 1.165) is 11.8 Å². The van der Waals surface area contributed by atoms with Crippen molar-refractivity contribution < 1.29 is 36.3 Å². The van der Waals surface area contributed by atoms with E-state index in [1.807, 2.05) is 30.3 Å². The second-order valence-corrected chi connectivity index (χ2v) is 8.27. The minimum Gasteiger partial charge on any atom is -0.351 e. The molecule has 1 aromatic rings. The molecule has 1 N–H and O–H groups in total. The molecule has 2 aliphatic heterocycles. The third kappa shape index (κ3) is 5.07. The number of nitrogens with one attached hydrogen (secondary N) is 1. The summed E-state index contributed by atoms with van der Waals surface area (Å²) in [5, 5.41) is 2.68. The highest BCUT2D eigenvalue weighted by Crippen LogP contribution is 2.36. The molecular formula is C18H25NO8S. The van der Waals surface area contributed by atoms with Crippen molar-refractivity contribution in [2.24, 2.45) is 0 Å². The first-order valence-corrected chi connectivity index (χ1v) is 10.8. The fourth-order valence-electron chi connectivity index (χ4n) is 3.36. The minimum atomic E-state index is -3.85. The van der Waals surface area contributed by atoms with Gasteiger partial charge in [0.1, 0.15) is 24.4 Å². The Hall–Kier alpha value is -1.56. The molecule has 0 aromatic heterocycles. The van der Waals surface area contributed by atoms with E-state index in [4.69, 9.17) is 23.1 Å². The quantitative estimate of drug-likeness (QED) is 0.677. The van der Waals surface area contributed by atoms with Gasteiger partial charge < -0.3 is 24.3 Å². The van der Waals surface area contributed by atoms with Crippen molar-refractivity contribution in [3.63, 3.8) is 0 Å². The van der Waals surface area contributed by atoms with Gasteiger partial charge in [0.15, 0.2) is 12.6 Å². The van der Waals surface area contributed by atoms with Crippen LogP contribution in [0.3, 0.4) is 0 Å². The summed E-state index contributed by atoms with van der Waals surface area (Å²) >= 11 is 0. The Bertz CT molecular complexity index is 771. The van der Waals surface area contributed by atoms with E-state index < -0.39 is 47.1 Å². The second kappa shape index (κ2) is 8.85. The number of carbonyl (C=O) groups is 1. The van der Waals surface area contributed by atoms with Gasteiger partial charge in [0.05, 0.1) is 12.9 Å². The van der Waals surface area contributed by atoms with Gasteiger partial charge in [-0.2, -0.15) is 8.42 Å². The third-order valence-corrected chi connectivity index (χ3v) is 4.97. The van der Waals surface area contributed by atoms with Crippen LogP contribution in [0.1, 0.15) is 25.7 Å². The fourth-order valence-corrected chi connectivity index (χ4v) is 3.99. The summed E-state index contributed by atoms with van der Waals surface area (Å²) < 4.78 is 52.5. The standard InChI is InChI=1S/C18H25NO8S/c1-4-23-18-14(19-11(2)20)16(27-28(3,21)22)15-13(25-18)10-24-17(26-15)12-8-6-5-7-9-12/h5-9,13-18H,4,10H2,1-3H3,(H,19,20)/t13?,14?,15-,16-,17?,18?/m0/s1. The van der Waals surface area contributed by atoms with Crippen LogP contribution < -0.4 is 5.32 Å². The Kier molecular flexibility index (Phi) is 6.69. The van der Waals surface area contributed by atoms with Crippen molar-refractivity contribution in [2.75, 3.05) is 19.5 Å². The molecule has 1 aromatic carbocycles. The maximum Gasteiger partial charge on any atom is 0.264 e. The molecule has 9 nitrogen and oxygen atoms in total. The maximum absolute atomic E-state index is 11.9. The predicted molar refractivity (Wildman–Crippen MR) is 97.6 cm³/mol. The van der Waals surface area contributed by atoms with Crippen LogP contribution in [0.5, 0.6) is 0 Å². The van der Waals surface area contributed by atoms with Crippen molar-refractivity contribution in [1.82, 2.24) is 5.32 Å². The van der Waals surface area contributed by atoms with E-state index in [2.05, 4.69) is 5.32 Å². The van der Waals surface area contributed by atoms with Crippen LogP contribution in [0.25, 0.3) is 0 Å². The highest BCUT2D eigenvalue weighted by Gasteiger charge is 2.52. The molecule has 0 aliphatic carbocycles. The number of fused-ring (bicyclic) bond motifs is 1. The van der Waals surface area contributed by atoms with E-state index >= 15 is 0 Å². The van der Waals surface area contributed by atoms with Crippen LogP contribution in [0, 0.1) is 0 Å². The molecule has 6 atom stereocenters. The Balaban J connectivity index is 1.91. The van der Waals surface area contributed by atoms with Crippen LogP contribution in [-0.2, 0) is 38.0 Å². The molecule has 0 saturated carbocycles. The monoisotopic (exact) mass is 415 g/mol. The Morgan fingerprint density at radius 2 is 1.96 bits per heavy atom. The van der Waals surface area contributed by atoms with E-state index in [1.54, 1.807) is 6.92 Å². The molecule has 2 fully saturated rings. The summed E-state index contributed by atoms with van der Waals surface area (Å²) in [5.74, 6) is -0.370. The summed E-state index contributed by atoms with van der Waals surface area (Å²) in [6.07, 6.45) is -3.10. The van der Waals surface area contributed by atoms with Crippen molar-refractivity contribution in [3.8, 4) is 0 Å². The Morgan fingerprint density at radius 1 is 1.25 bits per heavy atom. The molecule has 1 amide bonds. The summed E-state index contributed by atoms with van der Waals surface area (Å²) in [6, 6.07) is 8.38. The highest BCUT2D eigenvalue weighted by atomic mass is 32.2. The van der Waals surface area contributed by atoms with Gasteiger partial charge in [-0.05, 0) is 6.92 Å². The molecule has 10 heteroatoms. The van der Waals surface area contributed by atoms with E-state index in [0.29, 0.717) is 6.61 Å². The van der Waals surface area contributed by atoms with Gasteiger partial charge in [-0.15, -0.1) is 0 Å². The average molecular weight is 415 g/mol. The van der Waals surface area contributed by atoms with Gasteiger partial charge in [-0.1, -0.05) is 30.3 Å². The lowest BCUT2D eigenvalue weighted by molar-refractivity contribution is -0.340. The van der Waals surface area contributed by atoms with Gasteiger partial charge in [0, 0.05) is 19.1 Å². The van der Waals surface area contributed by atoms with Crippen molar-refractivity contribution in [2.45, 2.75) is 50.8 Å². The first-order valence-electron chi connectivity index (χ1n) is 9.03. The second-order valence-electron chi connectivity index (χ2n) is 6.67. The molecule has 28 heavy (non-hydrogen) atoms. The lowest BCUT2D eigenvalue weighted by atomic mass is 9.95. The summed E-state index contributed by atoms with van der Waals surface area (Å²) in [7, 11) is -3.85. The lowest BCUT2D eigenvalue weighted by Crippen LogP contribution is -2.67. The molecule has 2 heterocycles. The normalized spacial score (nSPS) is 33.1. The smallest absolute Gasteiger partial charge is 0.264 e. The molecule has 0 bridgehead atoms. The molecule has 0 radical (unpaired) electrons. The molecule has 0 spiro atoms. The van der Waals surface area contributed by atoms with Gasteiger partial charge >= 0.3 is 0 Å². The molecule has 4 unspecified atom stereocenters. The largest absolute Gasteiger partial charge is 0.351 e. The number of hydrogen-bond donors (Lipinski definition) is 1. The molecule has 3 rings (SSSR count). The number of amides is 1. The number of benzene rings is 1. The fraction of sp³-hybridized carbons (Fsp3) is 0.611. The van der Waals surface area contributed by atoms with E-state index in [9.17, 15) is 13.2 Å². The summed E-state index contributed by atoms with van der Waals surface area (Å²) in [4.78, 5) is 11.7. The number of rotatable bonds is 6. The van der Waals surface area contributed by atoms with Crippen molar-refractivity contribution in [1.29, 1.82) is 0 Å². The minimum absolute atomic E-state index is 0.157. The number of carbonyl (C=O) groups excluding carboxylic acids is 1. The number of ether oxygens (including phenoxy) is 4. The molecule has 156 valence electrons. The van der Waals surface area contributed by atoms with E-state index in [-0.39, 0.29) is 12.5 Å². The zero-order valence-corrected chi connectivity index (χ0v) is 16.8. The molecule has 2 aliphatic rings. The zero-order chi connectivity index (χ0) is 20.3. The van der Waals surface area contributed by atoms with Crippen LogP contribution in [0.4, 0.5) is 0 Å². The van der Waals surface area contributed by atoms with Gasteiger partial charge in [-0.3, -0.25) is 8.98 Å². The Labute approximate surface area is 164 Å². The first kappa shape index (κ1) is 21.2.